The molecule has 11 heavy (non-hydrogen) atoms. The largest absolute Gasteiger partial charge is 0.373 e. The Labute approximate surface area is 67.0 Å². The second-order valence-electron chi connectivity index (χ2n) is 2.98. The van der Waals surface area contributed by atoms with Gasteiger partial charge >= 0.3 is 0 Å². The van der Waals surface area contributed by atoms with Crippen LogP contribution >= 0.6 is 0 Å². The molecule has 0 N–H and O–H groups in total. The molecule has 0 aromatic heterocycles. The molecular weight excluding hydrogens is 136 g/mol. The highest BCUT2D eigenvalue weighted by atomic mass is 16.6. The molecule has 1 aliphatic rings. The molecule has 1 aromatic carbocycles. The Morgan fingerprint density at radius 3 is 2.64 bits per heavy atom. The van der Waals surface area contributed by atoms with E-state index in [1.54, 1.807) is 0 Å². The molecule has 58 valence electrons. The summed E-state index contributed by atoms with van der Waals surface area (Å²) in [4.78, 5) is 0. The maximum absolute atomic E-state index is 5.13. The van der Waals surface area contributed by atoms with Crippen molar-refractivity contribution < 1.29 is 4.74 Å². The van der Waals surface area contributed by atoms with Gasteiger partial charge in [0.05, 0.1) is 12.7 Å². The van der Waals surface area contributed by atoms with Crippen LogP contribution in [0.3, 0.4) is 0 Å². The summed E-state index contributed by atoms with van der Waals surface area (Å²) in [5, 5.41) is 0. The number of ether oxygens (including phenoxy) is 1. The second-order valence-corrected chi connectivity index (χ2v) is 2.98. The van der Waals surface area contributed by atoms with Crippen LogP contribution in [0.5, 0.6) is 0 Å². The number of benzene rings is 1. The zero-order chi connectivity index (χ0) is 7.52. The van der Waals surface area contributed by atoms with Crippen LogP contribution in [0.25, 0.3) is 0 Å². The van der Waals surface area contributed by atoms with Crippen LogP contribution in [0.1, 0.15) is 12.0 Å². The highest BCUT2D eigenvalue weighted by Crippen LogP contribution is 2.16. The van der Waals surface area contributed by atoms with Gasteiger partial charge in [-0.1, -0.05) is 30.3 Å². The van der Waals surface area contributed by atoms with Gasteiger partial charge in [0, 0.05) is 0 Å². The van der Waals surface area contributed by atoms with Crippen molar-refractivity contribution in [1.82, 2.24) is 0 Å². The monoisotopic (exact) mass is 148 g/mol. The third-order valence-corrected chi connectivity index (χ3v) is 2.00. The molecule has 1 heteroatoms. The van der Waals surface area contributed by atoms with E-state index in [1.165, 1.54) is 12.0 Å². The fourth-order valence-corrected chi connectivity index (χ4v) is 1.21. The number of epoxide rings is 1. The first-order chi connectivity index (χ1) is 5.45. The van der Waals surface area contributed by atoms with E-state index in [4.69, 9.17) is 4.74 Å². The molecule has 0 spiro atoms. The predicted octanol–water partition coefficient (Wildman–Crippen LogP) is 2.02. The van der Waals surface area contributed by atoms with Gasteiger partial charge in [-0.15, -0.1) is 0 Å². The molecule has 0 unspecified atom stereocenters. The highest BCUT2D eigenvalue weighted by Gasteiger charge is 2.21. The first kappa shape index (κ1) is 6.86. The van der Waals surface area contributed by atoms with E-state index in [0.29, 0.717) is 6.10 Å². The average Bonchev–Trinajstić information content (AvgIpc) is 2.86. The van der Waals surface area contributed by atoms with E-state index in [-0.39, 0.29) is 0 Å². The molecule has 1 saturated heterocycles. The molecule has 2 rings (SSSR count). The van der Waals surface area contributed by atoms with E-state index in [1.807, 2.05) is 0 Å². The minimum atomic E-state index is 0.565. The second kappa shape index (κ2) is 3.05. The lowest BCUT2D eigenvalue weighted by Crippen LogP contribution is -1.89. The smallest absolute Gasteiger partial charge is 0.0813 e. The van der Waals surface area contributed by atoms with Crippen molar-refractivity contribution in [3.8, 4) is 0 Å². The first-order valence-electron chi connectivity index (χ1n) is 4.11. The fourth-order valence-electron chi connectivity index (χ4n) is 1.21. The topological polar surface area (TPSA) is 12.5 Å². The van der Waals surface area contributed by atoms with Gasteiger partial charge in [0.15, 0.2) is 0 Å². The van der Waals surface area contributed by atoms with E-state index in [9.17, 15) is 0 Å². The summed E-state index contributed by atoms with van der Waals surface area (Å²) in [6.07, 6.45) is 2.91. The Hall–Kier alpha value is -0.820. The first-order valence-corrected chi connectivity index (χ1v) is 4.11. The van der Waals surface area contributed by atoms with Crippen molar-refractivity contribution in [1.29, 1.82) is 0 Å². The number of hydrogen-bond acceptors (Lipinski definition) is 1. The van der Waals surface area contributed by atoms with Crippen LogP contribution < -0.4 is 0 Å². The summed E-state index contributed by atoms with van der Waals surface area (Å²) in [5.74, 6) is 0. The van der Waals surface area contributed by atoms with Crippen LogP contribution in [0.4, 0.5) is 0 Å². The fraction of sp³-hybridized carbons (Fsp3) is 0.400. The van der Waals surface area contributed by atoms with E-state index in [2.05, 4.69) is 30.3 Å². The lowest BCUT2D eigenvalue weighted by atomic mass is 10.1. The molecular formula is C10H12O. The van der Waals surface area contributed by atoms with E-state index < -0.39 is 0 Å². The highest BCUT2D eigenvalue weighted by molar-refractivity contribution is 5.14. The van der Waals surface area contributed by atoms with Crippen molar-refractivity contribution in [3.05, 3.63) is 35.9 Å². The molecule has 1 nitrogen and oxygen atoms in total. The SMILES string of the molecule is c1ccc(CC[C@H]2CO2)cc1. The van der Waals surface area contributed by atoms with Gasteiger partial charge in [0.1, 0.15) is 0 Å². The van der Waals surface area contributed by atoms with Crippen LogP contribution in [0.2, 0.25) is 0 Å². The minimum absolute atomic E-state index is 0.565. The molecule has 0 amide bonds. The molecule has 0 radical (unpaired) electrons. The quantitative estimate of drug-likeness (QED) is 0.597. The molecule has 1 atom stereocenters. The maximum atomic E-state index is 5.13. The Bertz CT molecular complexity index is 214. The number of hydrogen-bond donors (Lipinski definition) is 0. The summed E-state index contributed by atoms with van der Waals surface area (Å²) >= 11 is 0. The Morgan fingerprint density at radius 1 is 1.27 bits per heavy atom. The molecule has 1 aromatic rings. The van der Waals surface area contributed by atoms with E-state index in [0.717, 1.165) is 13.0 Å². The molecule has 1 fully saturated rings. The zero-order valence-corrected chi connectivity index (χ0v) is 6.49. The normalized spacial score (nSPS) is 21.6. The predicted molar refractivity (Wildman–Crippen MR) is 44.5 cm³/mol. The van der Waals surface area contributed by atoms with Crippen molar-refractivity contribution in [2.24, 2.45) is 0 Å². The summed E-state index contributed by atoms with van der Waals surface area (Å²) in [5.41, 5.74) is 1.42. The summed E-state index contributed by atoms with van der Waals surface area (Å²) in [7, 11) is 0. The van der Waals surface area contributed by atoms with Gasteiger partial charge in [-0.2, -0.15) is 0 Å². The van der Waals surface area contributed by atoms with Crippen molar-refractivity contribution in [3.63, 3.8) is 0 Å². The van der Waals surface area contributed by atoms with Crippen LogP contribution in [0, 0.1) is 0 Å². The van der Waals surface area contributed by atoms with Crippen LogP contribution in [0.15, 0.2) is 30.3 Å². The lowest BCUT2D eigenvalue weighted by Gasteiger charge is -1.96. The van der Waals surface area contributed by atoms with Gasteiger partial charge in [-0.05, 0) is 18.4 Å². The third kappa shape index (κ3) is 2.05. The third-order valence-electron chi connectivity index (χ3n) is 2.00. The zero-order valence-electron chi connectivity index (χ0n) is 6.49. The number of aryl methyl sites for hydroxylation is 1. The van der Waals surface area contributed by atoms with Crippen LogP contribution in [-0.4, -0.2) is 12.7 Å². The van der Waals surface area contributed by atoms with E-state index >= 15 is 0 Å². The number of rotatable bonds is 3. The summed E-state index contributed by atoms with van der Waals surface area (Å²) in [6, 6.07) is 10.6. The van der Waals surface area contributed by atoms with Gasteiger partial charge in [0.25, 0.3) is 0 Å². The van der Waals surface area contributed by atoms with Gasteiger partial charge in [0.2, 0.25) is 0 Å². The Kier molecular flexibility index (Phi) is 1.91. The van der Waals surface area contributed by atoms with Crippen molar-refractivity contribution in [2.75, 3.05) is 6.61 Å². The standard InChI is InChI=1S/C10H12O/c1-2-4-9(5-3-1)6-7-10-8-11-10/h1-5,10H,6-8H2/t10-/m0/s1. The molecule has 1 aliphatic heterocycles. The maximum Gasteiger partial charge on any atom is 0.0813 e. The minimum Gasteiger partial charge on any atom is -0.373 e. The molecule has 1 heterocycles. The van der Waals surface area contributed by atoms with Crippen LogP contribution in [-0.2, 0) is 11.2 Å². The van der Waals surface area contributed by atoms with Crippen molar-refractivity contribution >= 4 is 0 Å². The Balaban J connectivity index is 1.85. The van der Waals surface area contributed by atoms with Crippen molar-refractivity contribution in [2.45, 2.75) is 18.9 Å². The lowest BCUT2D eigenvalue weighted by molar-refractivity contribution is 0.397. The summed E-state index contributed by atoms with van der Waals surface area (Å²) in [6.45, 7) is 0.979. The Morgan fingerprint density at radius 2 is 2.00 bits per heavy atom. The van der Waals surface area contributed by atoms with Gasteiger partial charge in [-0.3, -0.25) is 0 Å². The van der Waals surface area contributed by atoms with Gasteiger partial charge < -0.3 is 4.74 Å². The summed E-state index contributed by atoms with van der Waals surface area (Å²) < 4.78 is 5.13. The van der Waals surface area contributed by atoms with Gasteiger partial charge in [-0.25, -0.2) is 0 Å². The molecule has 0 bridgehead atoms. The molecule has 0 saturated carbocycles. The molecule has 0 aliphatic carbocycles. The average molecular weight is 148 g/mol.